The third kappa shape index (κ3) is 3.08. The van der Waals surface area contributed by atoms with Gasteiger partial charge in [-0.25, -0.2) is 4.79 Å². The van der Waals surface area contributed by atoms with Crippen molar-refractivity contribution in [3.8, 4) is 0 Å². The fourth-order valence-electron chi connectivity index (χ4n) is 2.06. The highest BCUT2D eigenvalue weighted by Crippen LogP contribution is 2.27. The molecule has 0 radical (unpaired) electrons. The van der Waals surface area contributed by atoms with Gasteiger partial charge in [0.05, 0.1) is 22.9 Å². The molecule has 0 spiro atoms. The molecule has 104 valence electrons. The number of nitrogens with zero attached hydrogens (tertiary/aromatic N) is 2. The number of aromatic nitrogens is 1. The number of halogens is 1. The molecule has 1 aromatic heterocycles. The van der Waals surface area contributed by atoms with Crippen LogP contribution in [0.2, 0.25) is 5.02 Å². The third-order valence-corrected chi connectivity index (χ3v) is 3.28. The van der Waals surface area contributed by atoms with Crippen LogP contribution in [0.1, 0.15) is 21.7 Å². The van der Waals surface area contributed by atoms with E-state index in [1.165, 1.54) is 0 Å². The van der Waals surface area contributed by atoms with Gasteiger partial charge in [0, 0.05) is 12.7 Å². The second-order valence-electron chi connectivity index (χ2n) is 4.57. The highest BCUT2D eigenvalue weighted by Gasteiger charge is 2.17. The van der Waals surface area contributed by atoms with Crippen LogP contribution in [0.4, 0.5) is 5.69 Å². The SMILES string of the molecule is Cc1cccc(CN(C)c2cccc(Cl)c2C(=O)O)n1. The number of aryl methyl sites for hydroxylation is 1. The Morgan fingerprint density at radius 1 is 1.30 bits per heavy atom. The standard InChI is InChI=1S/C15H15ClN2O2/c1-10-5-3-6-11(17-10)9-18(2)13-8-4-7-12(16)14(13)15(19)20/h3-8H,9H2,1-2H3,(H,19,20). The Bertz CT molecular complexity index is 644. The Kier molecular flexibility index (Phi) is 4.25. The van der Waals surface area contributed by atoms with Crippen molar-refractivity contribution in [2.75, 3.05) is 11.9 Å². The Morgan fingerprint density at radius 3 is 2.65 bits per heavy atom. The van der Waals surface area contributed by atoms with E-state index in [1.807, 2.05) is 37.1 Å². The van der Waals surface area contributed by atoms with Crippen molar-refractivity contribution in [1.82, 2.24) is 4.98 Å². The van der Waals surface area contributed by atoms with E-state index in [-0.39, 0.29) is 10.6 Å². The van der Waals surface area contributed by atoms with E-state index in [0.29, 0.717) is 12.2 Å². The van der Waals surface area contributed by atoms with Crippen LogP contribution in [0.3, 0.4) is 0 Å². The number of hydrogen-bond acceptors (Lipinski definition) is 3. The Morgan fingerprint density at radius 2 is 2.00 bits per heavy atom. The first kappa shape index (κ1) is 14.3. The van der Waals surface area contributed by atoms with Crippen LogP contribution in [0.15, 0.2) is 36.4 Å². The van der Waals surface area contributed by atoms with E-state index in [4.69, 9.17) is 11.6 Å². The lowest BCUT2D eigenvalue weighted by Crippen LogP contribution is -2.20. The van der Waals surface area contributed by atoms with Crippen LogP contribution in [0.5, 0.6) is 0 Å². The quantitative estimate of drug-likeness (QED) is 0.938. The summed E-state index contributed by atoms with van der Waals surface area (Å²) in [6, 6.07) is 10.8. The first-order valence-corrected chi connectivity index (χ1v) is 6.52. The summed E-state index contributed by atoms with van der Waals surface area (Å²) in [5.41, 5.74) is 2.50. The van der Waals surface area contributed by atoms with Gasteiger partial charge >= 0.3 is 5.97 Å². The summed E-state index contributed by atoms with van der Waals surface area (Å²) in [4.78, 5) is 17.6. The fraction of sp³-hybridized carbons (Fsp3) is 0.200. The Balaban J connectivity index is 2.32. The maximum absolute atomic E-state index is 11.3. The number of pyridine rings is 1. The van der Waals surface area contributed by atoms with E-state index in [9.17, 15) is 9.90 Å². The number of carboxylic acids is 1. The molecular formula is C15H15ClN2O2. The summed E-state index contributed by atoms with van der Waals surface area (Å²) in [7, 11) is 1.82. The molecule has 0 unspecified atom stereocenters. The fourth-order valence-corrected chi connectivity index (χ4v) is 2.31. The van der Waals surface area contributed by atoms with E-state index in [1.54, 1.807) is 18.2 Å². The maximum atomic E-state index is 11.3. The van der Waals surface area contributed by atoms with Crippen LogP contribution in [0.25, 0.3) is 0 Å². The van der Waals surface area contributed by atoms with E-state index in [0.717, 1.165) is 11.4 Å². The summed E-state index contributed by atoms with van der Waals surface area (Å²) in [6.07, 6.45) is 0. The maximum Gasteiger partial charge on any atom is 0.339 e. The lowest BCUT2D eigenvalue weighted by Gasteiger charge is -2.21. The molecule has 0 aliphatic carbocycles. The molecule has 0 amide bonds. The Labute approximate surface area is 122 Å². The minimum absolute atomic E-state index is 0.115. The van der Waals surface area contributed by atoms with Gasteiger partial charge in [-0.2, -0.15) is 0 Å². The highest BCUT2D eigenvalue weighted by atomic mass is 35.5. The first-order chi connectivity index (χ1) is 9.49. The number of rotatable bonds is 4. The minimum atomic E-state index is -1.03. The molecule has 0 atom stereocenters. The van der Waals surface area contributed by atoms with E-state index < -0.39 is 5.97 Å². The predicted octanol–water partition coefficient (Wildman–Crippen LogP) is 3.38. The first-order valence-electron chi connectivity index (χ1n) is 6.14. The van der Waals surface area contributed by atoms with Gasteiger partial charge < -0.3 is 10.0 Å². The molecule has 0 aliphatic heterocycles. The van der Waals surface area contributed by atoms with Crippen LogP contribution >= 0.6 is 11.6 Å². The Hall–Kier alpha value is -2.07. The smallest absolute Gasteiger partial charge is 0.339 e. The van der Waals surface area contributed by atoms with Gasteiger partial charge in [-0.15, -0.1) is 0 Å². The van der Waals surface area contributed by atoms with Gasteiger partial charge in [0.1, 0.15) is 5.56 Å². The molecule has 5 heteroatoms. The number of hydrogen-bond donors (Lipinski definition) is 1. The summed E-state index contributed by atoms with van der Waals surface area (Å²) in [5, 5.41) is 9.51. The van der Waals surface area contributed by atoms with Gasteiger partial charge in [0.25, 0.3) is 0 Å². The van der Waals surface area contributed by atoms with E-state index >= 15 is 0 Å². The molecule has 1 N–H and O–H groups in total. The van der Waals surface area contributed by atoms with Crippen molar-refractivity contribution in [3.63, 3.8) is 0 Å². The molecule has 0 aliphatic rings. The third-order valence-electron chi connectivity index (χ3n) is 2.96. The summed E-state index contributed by atoms with van der Waals surface area (Å²) in [6.45, 7) is 2.44. The summed E-state index contributed by atoms with van der Waals surface area (Å²) < 4.78 is 0. The molecule has 1 heterocycles. The van der Waals surface area contributed by atoms with Crippen molar-refractivity contribution in [2.45, 2.75) is 13.5 Å². The molecule has 0 fully saturated rings. The second kappa shape index (κ2) is 5.92. The molecule has 0 saturated heterocycles. The molecule has 2 rings (SSSR count). The largest absolute Gasteiger partial charge is 0.478 e. The molecule has 0 saturated carbocycles. The topological polar surface area (TPSA) is 53.4 Å². The number of benzene rings is 1. The zero-order valence-electron chi connectivity index (χ0n) is 11.3. The molecule has 20 heavy (non-hydrogen) atoms. The van der Waals surface area contributed by atoms with Crippen molar-refractivity contribution in [1.29, 1.82) is 0 Å². The molecule has 4 nitrogen and oxygen atoms in total. The molecule has 2 aromatic rings. The van der Waals surface area contributed by atoms with Gasteiger partial charge in [0.2, 0.25) is 0 Å². The average Bonchev–Trinajstić information content (AvgIpc) is 2.37. The lowest BCUT2D eigenvalue weighted by atomic mass is 10.1. The number of carbonyl (C=O) groups is 1. The summed E-state index contributed by atoms with van der Waals surface area (Å²) in [5.74, 6) is -1.03. The van der Waals surface area contributed by atoms with Crippen LogP contribution < -0.4 is 4.90 Å². The van der Waals surface area contributed by atoms with Crippen molar-refractivity contribution >= 4 is 23.3 Å². The van der Waals surface area contributed by atoms with Crippen molar-refractivity contribution in [3.05, 3.63) is 58.4 Å². The second-order valence-corrected chi connectivity index (χ2v) is 4.97. The van der Waals surface area contributed by atoms with Crippen LogP contribution in [-0.4, -0.2) is 23.1 Å². The van der Waals surface area contributed by atoms with Crippen molar-refractivity contribution in [2.24, 2.45) is 0 Å². The van der Waals surface area contributed by atoms with Crippen molar-refractivity contribution < 1.29 is 9.90 Å². The van der Waals surface area contributed by atoms with Gasteiger partial charge in [-0.05, 0) is 31.2 Å². The van der Waals surface area contributed by atoms with Gasteiger partial charge in [-0.3, -0.25) is 4.98 Å². The normalized spacial score (nSPS) is 10.3. The summed E-state index contributed by atoms with van der Waals surface area (Å²) >= 11 is 5.97. The van der Waals surface area contributed by atoms with E-state index in [2.05, 4.69) is 4.98 Å². The van der Waals surface area contributed by atoms with Gasteiger partial charge in [0.15, 0.2) is 0 Å². The number of anilines is 1. The number of carboxylic acid groups (broad SMARTS) is 1. The van der Waals surface area contributed by atoms with Crippen LogP contribution in [-0.2, 0) is 6.54 Å². The molecule has 1 aromatic carbocycles. The highest BCUT2D eigenvalue weighted by molar-refractivity contribution is 6.34. The zero-order chi connectivity index (χ0) is 14.7. The predicted molar refractivity (Wildman–Crippen MR) is 79.5 cm³/mol. The monoisotopic (exact) mass is 290 g/mol. The van der Waals surface area contributed by atoms with Crippen LogP contribution in [0, 0.1) is 6.92 Å². The molecular weight excluding hydrogens is 276 g/mol. The minimum Gasteiger partial charge on any atom is -0.478 e. The average molecular weight is 291 g/mol. The lowest BCUT2D eigenvalue weighted by molar-refractivity contribution is 0.0697. The number of aromatic carboxylic acids is 1. The zero-order valence-corrected chi connectivity index (χ0v) is 12.1. The molecule has 0 bridgehead atoms. The van der Waals surface area contributed by atoms with Gasteiger partial charge in [-0.1, -0.05) is 23.7 Å².